The van der Waals surface area contributed by atoms with Gasteiger partial charge in [-0.05, 0) is 57.5 Å². The minimum absolute atomic E-state index is 0.696. The fourth-order valence-electron chi connectivity index (χ4n) is 2.82. The maximum atomic E-state index is 5.73. The number of nitrogens with two attached hydrogens (primary N) is 1. The van der Waals surface area contributed by atoms with Crippen molar-refractivity contribution in [3.63, 3.8) is 0 Å². The molecule has 1 aromatic carbocycles. The number of benzene rings is 1. The molecule has 4 heteroatoms. The smallest absolute Gasteiger partial charge is 0.226 e. The number of piperidine rings is 1. The highest BCUT2D eigenvalue weighted by Crippen LogP contribution is 2.21. The van der Waals surface area contributed by atoms with Gasteiger partial charge in [-0.2, -0.15) is 0 Å². The van der Waals surface area contributed by atoms with Gasteiger partial charge < -0.3 is 10.2 Å². The molecule has 1 aromatic heterocycles. The standard InChI is InChI=1S/C17H23N3O/c1-13-2-4-15(5-3-13)17-19-16(12-21-17)11-20-8-6-14(10-18)7-9-20/h2-5,12,14H,6-11,18H2,1H3. The molecule has 0 radical (unpaired) electrons. The van der Waals surface area contributed by atoms with E-state index in [1.807, 2.05) is 0 Å². The fraction of sp³-hybridized carbons (Fsp3) is 0.471. The van der Waals surface area contributed by atoms with Gasteiger partial charge in [0.25, 0.3) is 0 Å². The molecule has 2 N–H and O–H groups in total. The van der Waals surface area contributed by atoms with Gasteiger partial charge in [0.2, 0.25) is 5.89 Å². The van der Waals surface area contributed by atoms with Crippen LogP contribution in [-0.2, 0) is 6.54 Å². The summed E-state index contributed by atoms with van der Waals surface area (Å²) in [4.78, 5) is 7.04. The maximum absolute atomic E-state index is 5.73. The highest BCUT2D eigenvalue weighted by molar-refractivity contribution is 5.53. The Bertz CT molecular complexity index is 568. The average molecular weight is 285 g/mol. The van der Waals surface area contributed by atoms with E-state index in [4.69, 9.17) is 10.2 Å². The van der Waals surface area contributed by atoms with E-state index in [1.54, 1.807) is 6.26 Å². The molecule has 2 aromatic rings. The molecule has 3 rings (SSSR count). The highest BCUT2D eigenvalue weighted by Gasteiger charge is 2.19. The van der Waals surface area contributed by atoms with Gasteiger partial charge in [0.15, 0.2) is 0 Å². The Labute approximate surface area is 126 Å². The van der Waals surface area contributed by atoms with Crippen molar-refractivity contribution >= 4 is 0 Å². The van der Waals surface area contributed by atoms with Gasteiger partial charge in [0.1, 0.15) is 6.26 Å². The largest absolute Gasteiger partial charge is 0.444 e. The predicted octanol–water partition coefficient (Wildman–Crippen LogP) is 2.82. The van der Waals surface area contributed by atoms with Gasteiger partial charge in [-0.3, -0.25) is 4.90 Å². The number of aryl methyl sites for hydroxylation is 1. The molecule has 0 unspecified atom stereocenters. The van der Waals surface area contributed by atoms with Gasteiger partial charge in [-0.15, -0.1) is 0 Å². The molecule has 2 heterocycles. The second-order valence-electron chi connectivity index (χ2n) is 5.97. The summed E-state index contributed by atoms with van der Waals surface area (Å²) in [5.74, 6) is 1.41. The van der Waals surface area contributed by atoms with Crippen LogP contribution in [0.4, 0.5) is 0 Å². The average Bonchev–Trinajstić information content (AvgIpc) is 2.97. The van der Waals surface area contributed by atoms with Crippen LogP contribution < -0.4 is 5.73 Å². The van der Waals surface area contributed by atoms with Gasteiger partial charge >= 0.3 is 0 Å². The maximum Gasteiger partial charge on any atom is 0.226 e. The first-order valence-electron chi connectivity index (χ1n) is 7.68. The van der Waals surface area contributed by atoms with Crippen molar-refractivity contribution in [2.24, 2.45) is 11.7 Å². The molecule has 0 spiro atoms. The van der Waals surface area contributed by atoms with E-state index < -0.39 is 0 Å². The number of nitrogens with zero attached hydrogens (tertiary/aromatic N) is 2. The lowest BCUT2D eigenvalue weighted by molar-refractivity contribution is 0.178. The Morgan fingerprint density at radius 2 is 1.95 bits per heavy atom. The Hall–Kier alpha value is -1.65. The van der Waals surface area contributed by atoms with E-state index in [0.717, 1.165) is 37.4 Å². The topological polar surface area (TPSA) is 55.3 Å². The summed E-state index contributed by atoms with van der Waals surface area (Å²) in [6.07, 6.45) is 4.17. The van der Waals surface area contributed by atoms with Gasteiger partial charge in [0, 0.05) is 12.1 Å². The summed E-state index contributed by atoms with van der Waals surface area (Å²) in [7, 11) is 0. The third-order valence-corrected chi connectivity index (χ3v) is 4.28. The van der Waals surface area contributed by atoms with E-state index in [-0.39, 0.29) is 0 Å². The van der Waals surface area contributed by atoms with E-state index >= 15 is 0 Å². The van der Waals surface area contributed by atoms with Gasteiger partial charge in [-0.1, -0.05) is 17.7 Å². The molecule has 0 saturated carbocycles. The molecule has 112 valence electrons. The normalized spacial score (nSPS) is 17.2. The number of hydrogen-bond acceptors (Lipinski definition) is 4. The lowest BCUT2D eigenvalue weighted by Gasteiger charge is -2.30. The number of likely N-dealkylation sites (tertiary alicyclic amines) is 1. The van der Waals surface area contributed by atoms with Crippen LogP contribution in [0.1, 0.15) is 24.1 Å². The summed E-state index contributed by atoms with van der Waals surface area (Å²) in [5.41, 5.74) is 9.02. The van der Waals surface area contributed by atoms with Gasteiger partial charge in [0.05, 0.1) is 5.69 Å². The Balaban J connectivity index is 1.62. The first kappa shape index (κ1) is 14.3. The van der Waals surface area contributed by atoms with Crippen LogP contribution in [0.15, 0.2) is 34.9 Å². The second-order valence-corrected chi connectivity index (χ2v) is 5.97. The lowest BCUT2D eigenvalue weighted by atomic mass is 9.97. The number of hydrogen-bond donors (Lipinski definition) is 1. The van der Waals surface area contributed by atoms with Crippen LogP contribution in [0.2, 0.25) is 0 Å². The first-order chi connectivity index (χ1) is 10.2. The summed E-state index contributed by atoms with van der Waals surface area (Å²) in [6, 6.07) is 8.27. The summed E-state index contributed by atoms with van der Waals surface area (Å²) in [6.45, 7) is 5.97. The molecule has 0 aliphatic carbocycles. The molecular weight excluding hydrogens is 262 g/mol. The highest BCUT2D eigenvalue weighted by atomic mass is 16.3. The van der Waals surface area contributed by atoms with Crippen LogP contribution in [-0.4, -0.2) is 29.5 Å². The monoisotopic (exact) mass is 285 g/mol. The molecular formula is C17H23N3O. The molecule has 1 aliphatic heterocycles. The third kappa shape index (κ3) is 3.52. The molecule has 21 heavy (non-hydrogen) atoms. The van der Waals surface area contributed by atoms with E-state index in [0.29, 0.717) is 11.8 Å². The zero-order chi connectivity index (χ0) is 14.7. The molecule has 0 amide bonds. The Morgan fingerprint density at radius 1 is 1.24 bits per heavy atom. The summed E-state index contributed by atoms with van der Waals surface area (Å²) < 4.78 is 5.62. The minimum Gasteiger partial charge on any atom is -0.444 e. The van der Waals surface area contributed by atoms with Gasteiger partial charge in [-0.25, -0.2) is 4.98 Å². The van der Waals surface area contributed by atoms with Crippen LogP contribution in [0, 0.1) is 12.8 Å². The number of aromatic nitrogens is 1. The van der Waals surface area contributed by atoms with Crippen molar-refractivity contribution in [1.82, 2.24) is 9.88 Å². The van der Waals surface area contributed by atoms with Crippen LogP contribution in [0.5, 0.6) is 0 Å². The molecule has 0 bridgehead atoms. The van der Waals surface area contributed by atoms with Crippen molar-refractivity contribution < 1.29 is 4.42 Å². The quantitative estimate of drug-likeness (QED) is 0.938. The van der Waals surface area contributed by atoms with E-state index in [9.17, 15) is 0 Å². The van der Waals surface area contributed by atoms with Crippen molar-refractivity contribution in [3.05, 3.63) is 41.8 Å². The predicted molar refractivity (Wildman–Crippen MR) is 83.7 cm³/mol. The van der Waals surface area contributed by atoms with Crippen LogP contribution in [0.3, 0.4) is 0 Å². The van der Waals surface area contributed by atoms with Crippen LogP contribution in [0.25, 0.3) is 11.5 Å². The summed E-state index contributed by atoms with van der Waals surface area (Å²) in [5, 5.41) is 0. The number of oxazole rings is 1. The molecule has 0 atom stereocenters. The van der Waals surface area contributed by atoms with E-state index in [2.05, 4.69) is 41.1 Å². The molecule has 4 nitrogen and oxygen atoms in total. The molecule has 1 fully saturated rings. The molecule has 1 aliphatic rings. The van der Waals surface area contributed by atoms with Crippen LogP contribution >= 0.6 is 0 Å². The third-order valence-electron chi connectivity index (χ3n) is 4.28. The Kier molecular flexibility index (Phi) is 4.36. The van der Waals surface area contributed by atoms with Crippen molar-refractivity contribution in [1.29, 1.82) is 0 Å². The minimum atomic E-state index is 0.696. The SMILES string of the molecule is Cc1ccc(-c2nc(CN3CCC(CN)CC3)co2)cc1. The lowest BCUT2D eigenvalue weighted by Crippen LogP contribution is -2.35. The zero-order valence-corrected chi connectivity index (χ0v) is 12.6. The van der Waals surface area contributed by atoms with Crippen molar-refractivity contribution in [2.75, 3.05) is 19.6 Å². The van der Waals surface area contributed by atoms with E-state index in [1.165, 1.54) is 18.4 Å². The Morgan fingerprint density at radius 3 is 2.62 bits per heavy atom. The fourth-order valence-corrected chi connectivity index (χ4v) is 2.82. The summed E-state index contributed by atoms with van der Waals surface area (Å²) >= 11 is 0. The van der Waals surface area contributed by atoms with Crippen molar-refractivity contribution in [3.8, 4) is 11.5 Å². The second kappa shape index (κ2) is 6.41. The van der Waals surface area contributed by atoms with Crippen molar-refractivity contribution in [2.45, 2.75) is 26.3 Å². The zero-order valence-electron chi connectivity index (χ0n) is 12.6. The number of rotatable bonds is 4. The molecule has 1 saturated heterocycles. The first-order valence-corrected chi connectivity index (χ1v) is 7.68.